The number of carbonyl (C=O) groups is 1. The van der Waals surface area contributed by atoms with Crippen LogP contribution in [0.4, 0.5) is 11.4 Å². The third kappa shape index (κ3) is 4.50. The van der Waals surface area contributed by atoms with E-state index in [-0.39, 0.29) is 5.91 Å². The number of amides is 1. The smallest absolute Gasteiger partial charge is 0.228 e. The summed E-state index contributed by atoms with van der Waals surface area (Å²) in [4.78, 5) is 14.3. The predicted octanol–water partition coefficient (Wildman–Crippen LogP) is 4.37. The Morgan fingerprint density at radius 3 is 2.14 bits per heavy atom. The van der Waals surface area contributed by atoms with Crippen molar-refractivity contribution in [2.75, 3.05) is 23.3 Å². The molecular formula is C18H21ClN2O. The van der Waals surface area contributed by atoms with Gasteiger partial charge in [0.25, 0.3) is 0 Å². The molecule has 0 aromatic heterocycles. The fourth-order valence-electron chi connectivity index (χ4n) is 2.34. The number of halogens is 1. The predicted molar refractivity (Wildman–Crippen MR) is 93.8 cm³/mol. The number of nitrogens with zero attached hydrogens (tertiary/aromatic N) is 1. The molecule has 22 heavy (non-hydrogen) atoms. The lowest BCUT2D eigenvalue weighted by Crippen LogP contribution is -2.21. The highest BCUT2D eigenvalue weighted by molar-refractivity contribution is 6.30. The number of benzene rings is 2. The molecule has 0 aliphatic rings. The van der Waals surface area contributed by atoms with Gasteiger partial charge in [0.2, 0.25) is 5.91 Å². The fraction of sp³-hybridized carbons (Fsp3) is 0.278. The summed E-state index contributed by atoms with van der Waals surface area (Å²) in [5.41, 5.74) is 2.93. The number of nitrogens with one attached hydrogen (secondary N) is 1. The van der Waals surface area contributed by atoms with Crippen molar-refractivity contribution in [1.29, 1.82) is 0 Å². The monoisotopic (exact) mass is 316 g/mol. The number of hydrogen-bond acceptors (Lipinski definition) is 2. The van der Waals surface area contributed by atoms with E-state index in [2.05, 4.69) is 24.1 Å². The van der Waals surface area contributed by atoms with Crippen LogP contribution in [0.3, 0.4) is 0 Å². The summed E-state index contributed by atoms with van der Waals surface area (Å²) in [6.45, 7) is 6.20. The van der Waals surface area contributed by atoms with Crippen molar-refractivity contribution in [3.63, 3.8) is 0 Å². The largest absolute Gasteiger partial charge is 0.372 e. The molecule has 0 fully saturated rings. The molecule has 0 aliphatic carbocycles. The van der Waals surface area contributed by atoms with Crippen LogP contribution < -0.4 is 10.2 Å². The summed E-state index contributed by atoms with van der Waals surface area (Å²) in [7, 11) is 0. The minimum Gasteiger partial charge on any atom is -0.372 e. The summed E-state index contributed by atoms with van der Waals surface area (Å²) in [5.74, 6) is -0.0297. The lowest BCUT2D eigenvalue weighted by molar-refractivity contribution is -0.115. The summed E-state index contributed by atoms with van der Waals surface area (Å²) in [5, 5.41) is 3.59. The van der Waals surface area contributed by atoms with E-state index >= 15 is 0 Å². The van der Waals surface area contributed by atoms with E-state index in [1.54, 1.807) is 12.1 Å². The third-order valence-electron chi connectivity index (χ3n) is 3.56. The lowest BCUT2D eigenvalue weighted by Gasteiger charge is -2.21. The van der Waals surface area contributed by atoms with Crippen molar-refractivity contribution in [1.82, 2.24) is 0 Å². The topological polar surface area (TPSA) is 32.3 Å². The van der Waals surface area contributed by atoms with Crippen LogP contribution >= 0.6 is 11.6 Å². The van der Waals surface area contributed by atoms with Gasteiger partial charge in [0, 0.05) is 29.5 Å². The van der Waals surface area contributed by atoms with Crippen LogP contribution in [0.5, 0.6) is 0 Å². The maximum Gasteiger partial charge on any atom is 0.228 e. The first-order valence-corrected chi connectivity index (χ1v) is 7.89. The van der Waals surface area contributed by atoms with Crippen molar-refractivity contribution in [2.45, 2.75) is 20.3 Å². The highest BCUT2D eigenvalue weighted by Crippen LogP contribution is 2.18. The molecule has 2 aromatic carbocycles. The summed E-state index contributed by atoms with van der Waals surface area (Å²) in [6, 6.07) is 15.3. The Labute approximate surface area is 136 Å². The number of carbonyl (C=O) groups excluding carboxylic acids is 1. The second kappa shape index (κ2) is 7.85. The van der Waals surface area contributed by atoms with Crippen molar-refractivity contribution >= 4 is 28.9 Å². The van der Waals surface area contributed by atoms with Crippen LogP contribution in [0.1, 0.15) is 19.4 Å². The molecule has 3 nitrogen and oxygen atoms in total. The molecule has 2 aromatic rings. The van der Waals surface area contributed by atoms with Crippen LogP contribution in [-0.4, -0.2) is 19.0 Å². The van der Waals surface area contributed by atoms with E-state index in [4.69, 9.17) is 11.6 Å². The van der Waals surface area contributed by atoms with E-state index in [1.165, 1.54) is 5.69 Å². The average molecular weight is 317 g/mol. The van der Waals surface area contributed by atoms with Gasteiger partial charge in [0.1, 0.15) is 0 Å². The molecule has 1 amide bonds. The Balaban J connectivity index is 1.95. The van der Waals surface area contributed by atoms with Crippen LogP contribution in [0.25, 0.3) is 0 Å². The number of anilines is 2. The van der Waals surface area contributed by atoms with Crippen LogP contribution in [0.15, 0.2) is 48.5 Å². The van der Waals surface area contributed by atoms with E-state index in [0.717, 1.165) is 24.3 Å². The van der Waals surface area contributed by atoms with Gasteiger partial charge >= 0.3 is 0 Å². The third-order valence-corrected chi connectivity index (χ3v) is 3.81. The molecule has 1 N–H and O–H groups in total. The molecule has 0 spiro atoms. The standard InChI is InChI=1S/C18H21ClN2O/c1-3-21(4-2)17-11-9-16(10-12-17)20-18(22)13-14-5-7-15(19)8-6-14/h5-12H,3-4,13H2,1-2H3,(H,20,22). The Hall–Kier alpha value is -2.00. The average Bonchev–Trinajstić information content (AvgIpc) is 2.52. The molecule has 2 rings (SSSR count). The molecule has 0 atom stereocenters. The van der Waals surface area contributed by atoms with Gasteiger partial charge in [-0.15, -0.1) is 0 Å². The first-order chi connectivity index (χ1) is 10.6. The summed E-state index contributed by atoms with van der Waals surface area (Å²) in [6.07, 6.45) is 0.342. The van der Waals surface area contributed by atoms with Gasteiger partial charge in [-0.3, -0.25) is 4.79 Å². The van der Waals surface area contributed by atoms with Gasteiger partial charge in [0.05, 0.1) is 6.42 Å². The number of hydrogen-bond donors (Lipinski definition) is 1. The lowest BCUT2D eigenvalue weighted by atomic mass is 10.1. The van der Waals surface area contributed by atoms with E-state index in [1.807, 2.05) is 36.4 Å². The maximum absolute atomic E-state index is 12.0. The van der Waals surface area contributed by atoms with E-state index in [9.17, 15) is 4.79 Å². The highest BCUT2D eigenvalue weighted by atomic mass is 35.5. The summed E-state index contributed by atoms with van der Waals surface area (Å²) >= 11 is 5.84. The molecule has 0 unspecified atom stereocenters. The van der Waals surface area contributed by atoms with Crippen molar-refractivity contribution in [2.24, 2.45) is 0 Å². The molecule has 0 saturated carbocycles. The van der Waals surface area contributed by atoms with Gasteiger partial charge in [-0.05, 0) is 55.8 Å². The molecule has 4 heteroatoms. The zero-order valence-corrected chi connectivity index (χ0v) is 13.7. The molecular weight excluding hydrogens is 296 g/mol. The van der Waals surface area contributed by atoms with Gasteiger partial charge in [-0.2, -0.15) is 0 Å². The molecule has 0 heterocycles. The molecule has 0 bridgehead atoms. The van der Waals surface area contributed by atoms with Crippen LogP contribution in [0, 0.1) is 0 Å². The van der Waals surface area contributed by atoms with Gasteiger partial charge in [-0.1, -0.05) is 23.7 Å². The SMILES string of the molecule is CCN(CC)c1ccc(NC(=O)Cc2ccc(Cl)cc2)cc1. The van der Waals surface area contributed by atoms with Gasteiger partial charge in [-0.25, -0.2) is 0 Å². The Bertz CT molecular complexity index is 604. The summed E-state index contributed by atoms with van der Waals surface area (Å²) < 4.78 is 0. The van der Waals surface area contributed by atoms with Crippen molar-refractivity contribution in [3.05, 3.63) is 59.1 Å². The Morgan fingerprint density at radius 2 is 1.59 bits per heavy atom. The molecule has 0 aliphatic heterocycles. The molecule has 0 radical (unpaired) electrons. The quantitative estimate of drug-likeness (QED) is 0.858. The van der Waals surface area contributed by atoms with E-state index in [0.29, 0.717) is 11.4 Å². The second-order valence-corrected chi connectivity index (χ2v) is 5.51. The minimum atomic E-state index is -0.0297. The normalized spacial score (nSPS) is 10.3. The molecule has 116 valence electrons. The van der Waals surface area contributed by atoms with Crippen LogP contribution in [0.2, 0.25) is 5.02 Å². The van der Waals surface area contributed by atoms with E-state index < -0.39 is 0 Å². The highest BCUT2D eigenvalue weighted by Gasteiger charge is 2.05. The fourth-order valence-corrected chi connectivity index (χ4v) is 2.46. The molecule has 0 saturated heterocycles. The second-order valence-electron chi connectivity index (χ2n) is 5.07. The Morgan fingerprint density at radius 1 is 1.00 bits per heavy atom. The first kappa shape index (κ1) is 16.4. The zero-order chi connectivity index (χ0) is 15.9. The van der Waals surface area contributed by atoms with Gasteiger partial charge < -0.3 is 10.2 Å². The first-order valence-electron chi connectivity index (χ1n) is 7.51. The maximum atomic E-state index is 12.0. The van der Waals surface area contributed by atoms with Gasteiger partial charge in [0.15, 0.2) is 0 Å². The zero-order valence-electron chi connectivity index (χ0n) is 13.0. The number of rotatable bonds is 6. The Kier molecular flexibility index (Phi) is 5.84. The van der Waals surface area contributed by atoms with Crippen molar-refractivity contribution < 1.29 is 4.79 Å². The minimum absolute atomic E-state index is 0.0297. The van der Waals surface area contributed by atoms with Crippen LogP contribution in [-0.2, 0) is 11.2 Å². The van der Waals surface area contributed by atoms with Crippen molar-refractivity contribution in [3.8, 4) is 0 Å².